The van der Waals surface area contributed by atoms with E-state index in [1.807, 2.05) is 17.8 Å². The maximum atomic E-state index is 12.1. The third kappa shape index (κ3) is 1.50. The Morgan fingerprint density at radius 1 is 1.47 bits per heavy atom. The summed E-state index contributed by atoms with van der Waals surface area (Å²) < 4.78 is 1.82. The van der Waals surface area contributed by atoms with Crippen LogP contribution < -0.4 is 0 Å². The van der Waals surface area contributed by atoms with Gasteiger partial charge in [0.1, 0.15) is 0 Å². The number of nitrogens with zero attached hydrogens (tertiary/aromatic N) is 2. The largest absolute Gasteiger partial charge is 0.294 e. The predicted molar refractivity (Wildman–Crippen MR) is 56.6 cm³/mol. The fourth-order valence-corrected chi connectivity index (χ4v) is 2.83. The average Bonchev–Trinajstić information content (AvgIpc) is 2.73. The Kier molecular flexibility index (Phi) is 1.94. The Morgan fingerprint density at radius 2 is 2.20 bits per heavy atom. The maximum Gasteiger partial charge on any atom is 0.169 e. The van der Waals surface area contributed by atoms with E-state index in [1.165, 1.54) is 6.42 Å². The molecule has 3 rings (SSSR count). The van der Waals surface area contributed by atoms with E-state index in [0.717, 1.165) is 36.8 Å². The molecule has 0 amide bonds. The molecule has 2 atom stereocenters. The molecule has 80 valence electrons. The summed E-state index contributed by atoms with van der Waals surface area (Å²) in [5.74, 6) is 2.37. The van der Waals surface area contributed by atoms with Crippen LogP contribution in [0.25, 0.3) is 0 Å². The highest BCUT2D eigenvalue weighted by atomic mass is 16.1. The lowest BCUT2D eigenvalue weighted by molar-refractivity contribution is 0.0914. The van der Waals surface area contributed by atoms with E-state index in [4.69, 9.17) is 0 Å². The van der Waals surface area contributed by atoms with E-state index in [9.17, 15) is 4.79 Å². The number of fused-ring (bicyclic) bond motifs is 1. The molecule has 2 fully saturated rings. The topological polar surface area (TPSA) is 34.9 Å². The number of rotatable bonds is 3. The molecular formula is C12H16N2O. The van der Waals surface area contributed by atoms with Gasteiger partial charge in [-0.1, -0.05) is 0 Å². The van der Waals surface area contributed by atoms with Crippen LogP contribution in [0.2, 0.25) is 0 Å². The van der Waals surface area contributed by atoms with E-state index < -0.39 is 0 Å². The smallest absolute Gasteiger partial charge is 0.169 e. The molecule has 0 N–H and O–H groups in total. The number of carbonyl (C=O) groups excluding carboxylic acids is 1. The molecule has 0 radical (unpaired) electrons. The number of hydrogen-bond acceptors (Lipinski definition) is 2. The fourth-order valence-electron chi connectivity index (χ4n) is 2.83. The van der Waals surface area contributed by atoms with Crippen LogP contribution in [0.4, 0.5) is 0 Å². The second kappa shape index (κ2) is 3.19. The third-order valence-corrected chi connectivity index (χ3v) is 3.86. The van der Waals surface area contributed by atoms with Crippen molar-refractivity contribution in [1.29, 1.82) is 0 Å². The van der Waals surface area contributed by atoms with E-state index in [2.05, 4.69) is 5.10 Å². The molecule has 15 heavy (non-hydrogen) atoms. The molecule has 0 bridgehead atoms. The van der Waals surface area contributed by atoms with Crippen molar-refractivity contribution in [2.45, 2.75) is 32.7 Å². The molecule has 3 heteroatoms. The van der Waals surface area contributed by atoms with Crippen LogP contribution in [0.3, 0.4) is 0 Å². The van der Waals surface area contributed by atoms with Gasteiger partial charge in [-0.15, -0.1) is 0 Å². The second-order valence-electron chi connectivity index (χ2n) is 4.87. The van der Waals surface area contributed by atoms with Crippen molar-refractivity contribution < 1.29 is 4.79 Å². The van der Waals surface area contributed by atoms with Gasteiger partial charge in [0.2, 0.25) is 0 Å². The Bertz CT molecular complexity index is 386. The summed E-state index contributed by atoms with van der Waals surface area (Å²) in [6, 6.07) is 0. The van der Waals surface area contributed by atoms with Gasteiger partial charge >= 0.3 is 0 Å². The van der Waals surface area contributed by atoms with Crippen molar-refractivity contribution in [1.82, 2.24) is 9.78 Å². The van der Waals surface area contributed by atoms with Gasteiger partial charge in [-0.2, -0.15) is 5.10 Å². The van der Waals surface area contributed by atoms with Crippen molar-refractivity contribution in [3.63, 3.8) is 0 Å². The average molecular weight is 204 g/mol. The third-order valence-electron chi connectivity index (χ3n) is 3.86. The summed E-state index contributed by atoms with van der Waals surface area (Å²) in [4.78, 5) is 12.1. The Morgan fingerprint density at radius 3 is 2.80 bits per heavy atom. The zero-order chi connectivity index (χ0) is 10.4. The number of carbonyl (C=O) groups is 1. The van der Waals surface area contributed by atoms with Crippen molar-refractivity contribution in [2.24, 2.45) is 17.8 Å². The molecule has 0 spiro atoms. The molecule has 0 saturated heterocycles. The van der Waals surface area contributed by atoms with Gasteiger partial charge in [0.25, 0.3) is 0 Å². The minimum Gasteiger partial charge on any atom is -0.294 e. The highest BCUT2D eigenvalue weighted by Crippen LogP contribution is 2.54. The molecule has 2 aliphatic rings. The lowest BCUT2D eigenvalue weighted by Gasteiger charge is -2.07. The monoisotopic (exact) mass is 204 g/mol. The van der Waals surface area contributed by atoms with Crippen LogP contribution in [0, 0.1) is 17.8 Å². The first kappa shape index (κ1) is 9.13. The normalized spacial score (nSPS) is 32.7. The molecule has 1 aromatic heterocycles. The van der Waals surface area contributed by atoms with Gasteiger partial charge in [0, 0.05) is 18.7 Å². The van der Waals surface area contributed by atoms with Crippen molar-refractivity contribution in [2.75, 3.05) is 0 Å². The van der Waals surface area contributed by atoms with E-state index in [1.54, 1.807) is 6.20 Å². The molecule has 2 saturated carbocycles. The maximum absolute atomic E-state index is 12.1. The first-order valence-electron chi connectivity index (χ1n) is 5.84. The Hall–Kier alpha value is -1.12. The van der Waals surface area contributed by atoms with Crippen LogP contribution >= 0.6 is 0 Å². The molecule has 1 aromatic rings. The molecule has 1 heterocycles. The lowest BCUT2D eigenvalue weighted by Crippen LogP contribution is -2.12. The van der Waals surface area contributed by atoms with Crippen LogP contribution in [-0.4, -0.2) is 15.6 Å². The van der Waals surface area contributed by atoms with Gasteiger partial charge in [0.15, 0.2) is 5.78 Å². The molecule has 0 aliphatic heterocycles. The summed E-state index contributed by atoms with van der Waals surface area (Å²) in [7, 11) is 0. The van der Waals surface area contributed by atoms with Crippen molar-refractivity contribution in [3.05, 3.63) is 18.0 Å². The number of Topliss-reactive ketones (excluding diaryl/α,β-unsaturated/α-hetero) is 1. The van der Waals surface area contributed by atoms with Gasteiger partial charge in [-0.05, 0) is 38.0 Å². The number of ketones is 1. The second-order valence-corrected chi connectivity index (χ2v) is 4.87. The molecule has 2 unspecified atom stereocenters. The minimum absolute atomic E-state index is 0.295. The summed E-state index contributed by atoms with van der Waals surface area (Å²) in [5.41, 5.74) is 0.808. The lowest BCUT2D eigenvalue weighted by atomic mass is 9.95. The highest BCUT2D eigenvalue weighted by Gasteiger charge is 2.48. The zero-order valence-corrected chi connectivity index (χ0v) is 9.02. The quantitative estimate of drug-likeness (QED) is 0.707. The molecule has 3 nitrogen and oxygen atoms in total. The van der Waals surface area contributed by atoms with E-state index in [0.29, 0.717) is 11.7 Å². The summed E-state index contributed by atoms with van der Waals surface area (Å²) in [6.07, 6.45) is 7.22. The van der Waals surface area contributed by atoms with Crippen LogP contribution in [0.5, 0.6) is 0 Å². The predicted octanol–water partition coefficient (Wildman–Crippen LogP) is 2.13. The summed E-state index contributed by atoms with van der Waals surface area (Å²) in [5, 5.41) is 4.15. The van der Waals surface area contributed by atoms with Crippen LogP contribution in [0.1, 0.15) is 36.5 Å². The van der Waals surface area contributed by atoms with Gasteiger partial charge < -0.3 is 0 Å². The van der Waals surface area contributed by atoms with Crippen LogP contribution in [0.15, 0.2) is 12.4 Å². The molecular weight excluding hydrogens is 188 g/mol. The van der Waals surface area contributed by atoms with Gasteiger partial charge in [-0.25, -0.2) is 0 Å². The van der Waals surface area contributed by atoms with E-state index in [-0.39, 0.29) is 0 Å². The highest BCUT2D eigenvalue weighted by molar-refractivity contribution is 5.97. The number of aryl methyl sites for hydroxylation is 1. The SMILES string of the molecule is CCn1cc(C(=O)C2CC3CC3C2)cn1. The number of hydrogen-bond donors (Lipinski definition) is 0. The fraction of sp³-hybridized carbons (Fsp3) is 0.667. The first-order valence-corrected chi connectivity index (χ1v) is 5.84. The Labute approximate surface area is 89.5 Å². The van der Waals surface area contributed by atoms with Gasteiger partial charge in [-0.3, -0.25) is 9.48 Å². The summed E-state index contributed by atoms with van der Waals surface area (Å²) >= 11 is 0. The number of aromatic nitrogens is 2. The zero-order valence-electron chi connectivity index (χ0n) is 9.02. The van der Waals surface area contributed by atoms with Crippen molar-refractivity contribution in [3.8, 4) is 0 Å². The van der Waals surface area contributed by atoms with Crippen molar-refractivity contribution >= 4 is 5.78 Å². The Balaban J connectivity index is 1.73. The van der Waals surface area contributed by atoms with Crippen LogP contribution in [-0.2, 0) is 6.54 Å². The van der Waals surface area contributed by atoms with E-state index >= 15 is 0 Å². The first-order chi connectivity index (χ1) is 7.28. The van der Waals surface area contributed by atoms with Gasteiger partial charge in [0.05, 0.1) is 11.8 Å². The molecule has 0 aromatic carbocycles. The summed E-state index contributed by atoms with van der Waals surface area (Å²) in [6.45, 7) is 2.87. The molecule has 2 aliphatic carbocycles. The standard InChI is InChI=1S/C12H16N2O/c1-2-14-7-11(6-13-14)12(15)10-4-8-3-9(8)5-10/h6-10H,2-5H2,1H3. The minimum atomic E-state index is 0.295.